The molecule has 2 aromatic heterocycles. The Hall–Kier alpha value is -2.75. The van der Waals surface area contributed by atoms with E-state index >= 15 is 0 Å². The standard InChI is InChI=1S/C19H18N2O2/c1-3-12-21-13(2)16(18(22)14-8-5-4-6-9-14)17-15(19(21)23)10-7-11-20-17/h4-11H,3,12H2,1-2H3. The maximum atomic E-state index is 13.0. The van der Waals surface area contributed by atoms with E-state index in [0.29, 0.717) is 34.3 Å². The number of benzene rings is 1. The monoisotopic (exact) mass is 306 g/mol. The second kappa shape index (κ2) is 6.16. The molecule has 0 bridgehead atoms. The maximum absolute atomic E-state index is 13.0. The number of hydrogen-bond donors (Lipinski definition) is 0. The van der Waals surface area contributed by atoms with Gasteiger partial charge in [-0.1, -0.05) is 37.3 Å². The minimum absolute atomic E-state index is 0.0861. The zero-order valence-corrected chi connectivity index (χ0v) is 13.2. The lowest BCUT2D eigenvalue weighted by Gasteiger charge is -2.15. The molecule has 0 N–H and O–H groups in total. The molecular formula is C19H18N2O2. The van der Waals surface area contributed by atoms with Crippen molar-refractivity contribution < 1.29 is 4.79 Å². The highest BCUT2D eigenvalue weighted by molar-refractivity contribution is 6.16. The molecule has 4 heteroatoms. The van der Waals surface area contributed by atoms with Gasteiger partial charge in [-0.05, 0) is 25.5 Å². The molecule has 2 heterocycles. The molecule has 0 unspecified atom stereocenters. The second-order valence-electron chi connectivity index (χ2n) is 5.51. The Bertz CT molecular complexity index is 927. The third-order valence-electron chi connectivity index (χ3n) is 4.00. The molecule has 0 atom stereocenters. The van der Waals surface area contributed by atoms with E-state index in [1.54, 1.807) is 35.0 Å². The van der Waals surface area contributed by atoms with Crippen LogP contribution in [0.5, 0.6) is 0 Å². The minimum Gasteiger partial charge on any atom is -0.312 e. The number of carbonyl (C=O) groups is 1. The number of carbonyl (C=O) groups excluding carboxylic acids is 1. The van der Waals surface area contributed by atoms with Crippen LogP contribution < -0.4 is 5.56 Å². The first kappa shape index (κ1) is 15.2. The third-order valence-corrected chi connectivity index (χ3v) is 4.00. The summed E-state index contributed by atoms with van der Waals surface area (Å²) in [5.41, 5.74) is 2.19. The van der Waals surface area contributed by atoms with Crippen molar-refractivity contribution in [1.29, 1.82) is 0 Å². The second-order valence-corrected chi connectivity index (χ2v) is 5.51. The van der Waals surface area contributed by atoms with Gasteiger partial charge in [-0.25, -0.2) is 0 Å². The van der Waals surface area contributed by atoms with Crippen molar-refractivity contribution in [3.8, 4) is 0 Å². The average molecular weight is 306 g/mol. The molecule has 4 nitrogen and oxygen atoms in total. The summed E-state index contributed by atoms with van der Waals surface area (Å²) in [7, 11) is 0. The van der Waals surface area contributed by atoms with E-state index in [1.165, 1.54) is 0 Å². The zero-order valence-electron chi connectivity index (χ0n) is 13.2. The predicted octanol–water partition coefficient (Wildman–Crippen LogP) is 3.35. The van der Waals surface area contributed by atoms with Crippen molar-refractivity contribution in [2.45, 2.75) is 26.8 Å². The zero-order chi connectivity index (χ0) is 16.4. The van der Waals surface area contributed by atoms with Crippen LogP contribution in [0, 0.1) is 6.92 Å². The van der Waals surface area contributed by atoms with Gasteiger partial charge in [0.1, 0.15) is 0 Å². The summed E-state index contributed by atoms with van der Waals surface area (Å²) >= 11 is 0. The Morgan fingerprint density at radius 3 is 2.57 bits per heavy atom. The summed E-state index contributed by atoms with van der Waals surface area (Å²) in [6.07, 6.45) is 2.44. The Kier molecular flexibility index (Phi) is 4.06. The Balaban J connectivity index is 2.35. The van der Waals surface area contributed by atoms with Gasteiger partial charge in [0.25, 0.3) is 5.56 Å². The normalized spacial score (nSPS) is 10.9. The lowest BCUT2D eigenvalue weighted by atomic mass is 9.99. The largest absolute Gasteiger partial charge is 0.312 e. The SMILES string of the molecule is CCCn1c(C)c(C(=O)c2ccccc2)c2ncccc2c1=O. The van der Waals surface area contributed by atoms with Crippen molar-refractivity contribution in [2.24, 2.45) is 0 Å². The van der Waals surface area contributed by atoms with Gasteiger partial charge in [-0.3, -0.25) is 14.6 Å². The van der Waals surface area contributed by atoms with Crippen LogP contribution in [0.2, 0.25) is 0 Å². The summed E-state index contributed by atoms with van der Waals surface area (Å²) in [4.78, 5) is 30.0. The third kappa shape index (κ3) is 2.57. The van der Waals surface area contributed by atoms with Gasteiger partial charge in [0.15, 0.2) is 5.78 Å². The number of aromatic nitrogens is 2. The van der Waals surface area contributed by atoms with E-state index < -0.39 is 0 Å². The lowest BCUT2D eigenvalue weighted by Crippen LogP contribution is -2.26. The van der Waals surface area contributed by atoms with Crippen LogP contribution in [0.4, 0.5) is 0 Å². The van der Waals surface area contributed by atoms with Crippen molar-refractivity contribution in [1.82, 2.24) is 9.55 Å². The maximum Gasteiger partial charge on any atom is 0.260 e. The van der Waals surface area contributed by atoms with Gasteiger partial charge in [0.2, 0.25) is 0 Å². The van der Waals surface area contributed by atoms with Crippen LogP contribution in [0.3, 0.4) is 0 Å². The number of hydrogen-bond acceptors (Lipinski definition) is 3. The molecule has 0 radical (unpaired) electrons. The fourth-order valence-electron chi connectivity index (χ4n) is 2.88. The molecule has 23 heavy (non-hydrogen) atoms. The van der Waals surface area contributed by atoms with Gasteiger partial charge >= 0.3 is 0 Å². The van der Waals surface area contributed by atoms with E-state index in [0.717, 1.165) is 6.42 Å². The van der Waals surface area contributed by atoms with Crippen LogP contribution in [0.15, 0.2) is 53.5 Å². The molecule has 116 valence electrons. The van der Waals surface area contributed by atoms with E-state index in [4.69, 9.17) is 0 Å². The van der Waals surface area contributed by atoms with Gasteiger partial charge in [-0.2, -0.15) is 0 Å². The number of fused-ring (bicyclic) bond motifs is 1. The van der Waals surface area contributed by atoms with E-state index in [1.807, 2.05) is 32.0 Å². The smallest absolute Gasteiger partial charge is 0.260 e. The molecular weight excluding hydrogens is 288 g/mol. The van der Waals surface area contributed by atoms with Crippen molar-refractivity contribution in [3.05, 3.63) is 75.8 Å². The summed E-state index contributed by atoms with van der Waals surface area (Å²) in [5.74, 6) is -0.100. The van der Waals surface area contributed by atoms with Gasteiger partial charge in [0, 0.05) is 24.0 Å². The molecule has 0 aliphatic heterocycles. The van der Waals surface area contributed by atoms with Crippen LogP contribution in [0.1, 0.15) is 35.0 Å². The lowest BCUT2D eigenvalue weighted by molar-refractivity contribution is 0.103. The van der Waals surface area contributed by atoms with Crippen LogP contribution >= 0.6 is 0 Å². The molecule has 3 aromatic rings. The highest BCUT2D eigenvalue weighted by Crippen LogP contribution is 2.21. The molecule has 0 aliphatic carbocycles. The number of ketones is 1. The fourth-order valence-corrected chi connectivity index (χ4v) is 2.88. The summed E-state index contributed by atoms with van der Waals surface area (Å²) in [6.45, 7) is 4.42. The molecule has 0 spiro atoms. The fraction of sp³-hybridized carbons (Fsp3) is 0.211. The van der Waals surface area contributed by atoms with Gasteiger partial charge in [-0.15, -0.1) is 0 Å². The first-order valence-electron chi connectivity index (χ1n) is 7.73. The summed E-state index contributed by atoms with van der Waals surface area (Å²) in [6, 6.07) is 12.6. The van der Waals surface area contributed by atoms with E-state index in [-0.39, 0.29) is 11.3 Å². The molecule has 0 saturated heterocycles. The highest BCUT2D eigenvalue weighted by atomic mass is 16.1. The Morgan fingerprint density at radius 2 is 1.87 bits per heavy atom. The first-order valence-corrected chi connectivity index (χ1v) is 7.73. The van der Waals surface area contributed by atoms with E-state index in [2.05, 4.69) is 4.98 Å². The first-order chi connectivity index (χ1) is 11.1. The van der Waals surface area contributed by atoms with E-state index in [9.17, 15) is 9.59 Å². The van der Waals surface area contributed by atoms with Crippen LogP contribution in [-0.4, -0.2) is 15.3 Å². The predicted molar refractivity (Wildman–Crippen MR) is 90.9 cm³/mol. The van der Waals surface area contributed by atoms with Crippen LogP contribution in [0.25, 0.3) is 10.9 Å². The Labute approximate surface area is 134 Å². The van der Waals surface area contributed by atoms with Gasteiger partial charge < -0.3 is 4.57 Å². The number of nitrogens with zero attached hydrogens (tertiary/aromatic N) is 2. The molecule has 0 fully saturated rings. The van der Waals surface area contributed by atoms with Crippen LogP contribution in [-0.2, 0) is 6.54 Å². The molecule has 0 aliphatic rings. The van der Waals surface area contributed by atoms with Gasteiger partial charge in [0.05, 0.1) is 16.5 Å². The number of rotatable bonds is 4. The summed E-state index contributed by atoms with van der Waals surface area (Å²) in [5, 5.41) is 0.492. The summed E-state index contributed by atoms with van der Waals surface area (Å²) < 4.78 is 1.68. The topological polar surface area (TPSA) is 52.0 Å². The molecule has 1 aromatic carbocycles. The quantitative estimate of drug-likeness (QED) is 0.695. The molecule has 0 saturated carbocycles. The molecule has 0 amide bonds. The van der Waals surface area contributed by atoms with Crippen molar-refractivity contribution in [2.75, 3.05) is 0 Å². The molecule has 3 rings (SSSR count). The minimum atomic E-state index is -0.100. The Morgan fingerprint density at radius 1 is 1.13 bits per heavy atom. The highest BCUT2D eigenvalue weighted by Gasteiger charge is 2.20. The van der Waals surface area contributed by atoms with Crippen molar-refractivity contribution in [3.63, 3.8) is 0 Å². The average Bonchev–Trinajstić information content (AvgIpc) is 2.59. The number of pyridine rings is 2. The van der Waals surface area contributed by atoms with Crippen molar-refractivity contribution >= 4 is 16.7 Å².